The van der Waals surface area contributed by atoms with Crippen LogP contribution in [0, 0.1) is 5.92 Å². The van der Waals surface area contributed by atoms with Gasteiger partial charge in [-0.15, -0.1) is 0 Å². The Morgan fingerprint density at radius 3 is 2.52 bits per heavy atom. The average molecular weight is 624 g/mol. The number of ether oxygens (including phenoxy) is 2. The standard InChI is InChI=1S/C30H37N7O6S/c1-41-14-15-42-30(29(38)35-43-19-20-8-9-20)12-10-21(11-13-30)25-26(44(2,39)40)27(31)37-28(34-25)24(17-33-37)22-16-32-36(18-22)23-6-4-3-5-7-23/h3-7,16-18,20-21H,8-15,19,31H2,1-2H3,(H,35,38). The van der Waals surface area contributed by atoms with E-state index in [0.717, 1.165) is 30.3 Å². The number of rotatable bonds is 12. The van der Waals surface area contributed by atoms with Crippen LogP contribution in [0.15, 0.2) is 53.8 Å². The molecule has 3 N–H and O–H groups in total. The maximum atomic E-state index is 13.3. The first-order valence-corrected chi connectivity index (χ1v) is 16.6. The fourth-order valence-corrected chi connectivity index (χ4v) is 6.84. The normalized spacial score (nSPS) is 20.6. The van der Waals surface area contributed by atoms with Gasteiger partial charge in [-0.05, 0) is 56.6 Å². The van der Waals surface area contributed by atoms with Crippen molar-refractivity contribution in [2.75, 3.05) is 38.9 Å². The maximum absolute atomic E-state index is 13.3. The van der Waals surface area contributed by atoms with Crippen molar-refractivity contribution < 1.29 is 27.5 Å². The molecular weight excluding hydrogens is 586 g/mol. The van der Waals surface area contributed by atoms with Crippen LogP contribution >= 0.6 is 0 Å². The van der Waals surface area contributed by atoms with Crippen LogP contribution in [0.25, 0.3) is 22.5 Å². The van der Waals surface area contributed by atoms with Crippen molar-refractivity contribution >= 4 is 27.2 Å². The molecule has 2 saturated carbocycles. The molecule has 0 atom stereocenters. The lowest BCUT2D eigenvalue weighted by Crippen LogP contribution is -2.51. The predicted molar refractivity (Wildman–Crippen MR) is 162 cm³/mol. The molecule has 0 spiro atoms. The van der Waals surface area contributed by atoms with Crippen molar-refractivity contribution in [3.8, 4) is 16.8 Å². The third-order valence-electron chi connectivity index (χ3n) is 8.39. The Morgan fingerprint density at radius 2 is 1.84 bits per heavy atom. The molecule has 0 saturated heterocycles. The van der Waals surface area contributed by atoms with Crippen molar-refractivity contribution in [1.82, 2.24) is 29.9 Å². The highest BCUT2D eigenvalue weighted by Crippen LogP contribution is 2.43. The minimum atomic E-state index is -3.78. The van der Waals surface area contributed by atoms with Crippen molar-refractivity contribution in [1.29, 1.82) is 0 Å². The van der Waals surface area contributed by atoms with E-state index in [1.54, 1.807) is 24.2 Å². The molecular formula is C30H37N7O6S. The molecule has 2 fully saturated rings. The summed E-state index contributed by atoms with van der Waals surface area (Å²) < 4.78 is 40.6. The molecule has 0 aliphatic heterocycles. The summed E-state index contributed by atoms with van der Waals surface area (Å²) in [6.45, 7) is 1.04. The molecule has 2 aliphatic rings. The van der Waals surface area contributed by atoms with Gasteiger partial charge in [0.15, 0.2) is 15.5 Å². The van der Waals surface area contributed by atoms with Crippen molar-refractivity contribution in [3.05, 3.63) is 54.6 Å². The summed E-state index contributed by atoms with van der Waals surface area (Å²) in [5.74, 6) is -0.152. The molecule has 13 nitrogen and oxygen atoms in total. The number of aromatic nitrogens is 5. The number of nitrogens with one attached hydrogen (secondary N) is 1. The van der Waals surface area contributed by atoms with Crippen molar-refractivity contribution in [2.24, 2.45) is 5.92 Å². The number of para-hydroxylation sites is 1. The topological polar surface area (TPSA) is 165 Å². The molecule has 2 aliphatic carbocycles. The molecule has 1 aromatic carbocycles. The fourth-order valence-electron chi connectivity index (χ4n) is 5.78. The lowest BCUT2D eigenvalue weighted by molar-refractivity contribution is -0.167. The van der Waals surface area contributed by atoms with Crippen LogP contribution in [0.5, 0.6) is 0 Å². The van der Waals surface area contributed by atoms with Crippen molar-refractivity contribution in [2.45, 2.75) is 54.9 Å². The van der Waals surface area contributed by atoms with Crippen LogP contribution in [-0.2, 0) is 28.9 Å². The number of nitrogens with zero attached hydrogens (tertiary/aromatic N) is 5. The number of carbonyl (C=O) groups is 1. The van der Waals surface area contributed by atoms with E-state index in [0.29, 0.717) is 61.7 Å². The molecule has 0 unspecified atom stereocenters. The van der Waals surface area contributed by atoms with Gasteiger partial charge in [0, 0.05) is 36.6 Å². The van der Waals surface area contributed by atoms with Gasteiger partial charge in [-0.25, -0.2) is 23.6 Å². The third-order valence-corrected chi connectivity index (χ3v) is 9.55. The Balaban J connectivity index is 1.32. The number of amides is 1. The molecule has 0 radical (unpaired) electrons. The Hall–Kier alpha value is -3.85. The smallest absolute Gasteiger partial charge is 0.275 e. The van der Waals surface area contributed by atoms with E-state index in [4.69, 9.17) is 25.0 Å². The Kier molecular flexibility index (Phi) is 8.42. The summed E-state index contributed by atoms with van der Waals surface area (Å²) in [6.07, 6.45) is 10.1. The van der Waals surface area contributed by atoms with Gasteiger partial charge >= 0.3 is 0 Å². The minimum Gasteiger partial charge on any atom is -0.382 e. The number of fused-ring (bicyclic) bond motifs is 1. The summed E-state index contributed by atoms with van der Waals surface area (Å²) in [5, 5.41) is 8.89. The van der Waals surface area contributed by atoms with E-state index in [1.807, 2.05) is 36.5 Å². The number of nitrogens with two attached hydrogens (primary N) is 1. The van der Waals surface area contributed by atoms with Gasteiger partial charge in [0.25, 0.3) is 5.91 Å². The quantitative estimate of drug-likeness (QED) is 0.177. The van der Waals surface area contributed by atoms with Crippen LogP contribution in [-0.4, -0.2) is 77.5 Å². The van der Waals surface area contributed by atoms with Gasteiger partial charge in [-0.2, -0.15) is 14.7 Å². The highest BCUT2D eigenvalue weighted by Gasteiger charge is 2.45. The number of methoxy groups -OCH3 is 1. The monoisotopic (exact) mass is 623 g/mol. The van der Waals surface area contributed by atoms with Crippen LogP contribution in [0.1, 0.15) is 50.1 Å². The Morgan fingerprint density at radius 1 is 1.09 bits per heavy atom. The summed E-state index contributed by atoms with van der Waals surface area (Å²) in [4.78, 5) is 23.7. The number of anilines is 1. The molecule has 14 heteroatoms. The van der Waals surface area contributed by atoms with Gasteiger partial charge < -0.3 is 15.2 Å². The van der Waals surface area contributed by atoms with Gasteiger partial charge in [0.2, 0.25) is 0 Å². The van der Waals surface area contributed by atoms with Crippen LogP contribution in [0.3, 0.4) is 0 Å². The van der Waals surface area contributed by atoms with Crippen molar-refractivity contribution in [3.63, 3.8) is 0 Å². The third kappa shape index (κ3) is 6.07. The van der Waals surface area contributed by atoms with E-state index in [-0.39, 0.29) is 29.1 Å². The van der Waals surface area contributed by atoms with E-state index >= 15 is 0 Å². The second-order valence-corrected chi connectivity index (χ2v) is 13.5. The number of hydrogen-bond acceptors (Lipinski definition) is 10. The number of benzene rings is 1. The molecule has 4 aromatic rings. The first kappa shape index (κ1) is 30.2. The molecule has 3 heterocycles. The van der Waals surface area contributed by atoms with Gasteiger partial charge in [0.05, 0.1) is 43.6 Å². The highest BCUT2D eigenvalue weighted by molar-refractivity contribution is 7.91. The zero-order valence-corrected chi connectivity index (χ0v) is 25.6. The fraction of sp³-hybridized carbons (Fsp3) is 0.467. The number of carbonyl (C=O) groups excluding carboxylic acids is 1. The summed E-state index contributed by atoms with van der Waals surface area (Å²) in [6, 6.07) is 9.69. The molecule has 3 aromatic heterocycles. The lowest BCUT2D eigenvalue weighted by Gasteiger charge is -2.38. The van der Waals surface area contributed by atoms with Gasteiger partial charge in [-0.3, -0.25) is 9.63 Å². The summed E-state index contributed by atoms with van der Waals surface area (Å²) in [7, 11) is -2.21. The van der Waals surface area contributed by atoms with Gasteiger partial charge in [-0.1, -0.05) is 18.2 Å². The van der Waals surface area contributed by atoms with E-state index in [9.17, 15) is 13.2 Å². The van der Waals surface area contributed by atoms with E-state index < -0.39 is 15.4 Å². The SMILES string of the molecule is COCCOC1(C(=O)NOCC2CC2)CCC(c2nc3c(-c4cnn(-c5ccccc5)c4)cnn3c(N)c2S(C)(=O)=O)CC1. The largest absolute Gasteiger partial charge is 0.382 e. The maximum Gasteiger partial charge on any atom is 0.275 e. The molecule has 44 heavy (non-hydrogen) atoms. The Bertz CT molecular complexity index is 1740. The first-order chi connectivity index (χ1) is 21.2. The molecule has 0 bridgehead atoms. The lowest BCUT2D eigenvalue weighted by atomic mass is 9.76. The number of hydrogen-bond donors (Lipinski definition) is 2. The molecule has 1 amide bonds. The zero-order chi connectivity index (χ0) is 30.9. The molecule has 234 valence electrons. The second-order valence-electron chi connectivity index (χ2n) is 11.6. The summed E-state index contributed by atoms with van der Waals surface area (Å²) >= 11 is 0. The average Bonchev–Trinajstić information content (AvgIpc) is 3.52. The molecule has 6 rings (SSSR count). The van der Waals surface area contributed by atoms with E-state index in [1.165, 1.54) is 4.52 Å². The van der Waals surface area contributed by atoms with Crippen LogP contribution in [0.4, 0.5) is 5.82 Å². The van der Waals surface area contributed by atoms with Gasteiger partial charge in [0.1, 0.15) is 16.3 Å². The zero-order valence-electron chi connectivity index (χ0n) is 24.8. The number of nitrogen functional groups attached to an aromatic ring is 1. The summed E-state index contributed by atoms with van der Waals surface area (Å²) in [5.41, 5.74) is 11.1. The number of sulfone groups is 1. The van der Waals surface area contributed by atoms with E-state index in [2.05, 4.69) is 15.7 Å². The van der Waals surface area contributed by atoms with Crippen LogP contribution in [0.2, 0.25) is 0 Å². The predicted octanol–water partition coefficient (Wildman–Crippen LogP) is 3.08. The highest BCUT2D eigenvalue weighted by atomic mass is 32.2. The Labute approximate surface area is 255 Å². The second kappa shape index (κ2) is 12.3. The first-order valence-electron chi connectivity index (χ1n) is 14.7. The van der Waals surface area contributed by atoms with Crippen LogP contribution < -0.4 is 11.2 Å². The minimum absolute atomic E-state index is 0.00592. The number of hydroxylamine groups is 1.